The number of rotatable bonds is 13. The SMILES string of the molecule is COC(C[C@@H](O[Si](C)(C)C(C)(C)C)[C@H](CO)N(NC(=O)OCc1ccccc1)C(=O)OCc1ccccc1)OC. The van der Waals surface area contributed by atoms with E-state index in [0.717, 1.165) is 16.1 Å². The van der Waals surface area contributed by atoms with Crippen molar-refractivity contribution in [2.24, 2.45) is 0 Å². The van der Waals surface area contributed by atoms with Crippen LogP contribution in [-0.4, -0.2) is 69.9 Å². The van der Waals surface area contributed by atoms with Gasteiger partial charge in [0.2, 0.25) is 0 Å². The molecule has 10 nitrogen and oxygen atoms in total. The zero-order chi connectivity index (χ0) is 29.8. The van der Waals surface area contributed by atoms with E-state index in [9.17, 15) is 14.7 Å². The van der Waals surface area contributed by atoms with Crippen LogP contribution in [0.25, 0.3) is 0 Å². The average Bonchev–Trinajstić information content (AvgIpc) is 2.93. The van der Waals surface area contributed by atoms with Gasteiger partial charge in [-0.15, -0.1) is 0 Å². The number of hydrogen-bond donors (Lipinski definition) is 2. The van der Waals surface area contributed by atoms with Crippen LogP contribution in [0.4, 0.5) is 9.59 Å². The molecule has 0 fully saturated rings. The summed E-state index contributed by atoms with van der Waals surface area (Å²) in [6, 6.07) is 17.2. The van der Waals surface area contributed by atoms with Crippen molar-refractivity contribution in [3.8, 4) is 0 Å². The average molecular weight is 577 g/mol. The summed E-state index contributed by atoms with van der Waals surface area (Å²) in [6.07, 6.45) is -3.06. The van der Waals surface area contributed by atoms with Gasteiger partial charge in [0.05, 0.1) is 12.7 Å². The molecule has 11 heteroatoms. The number of methoxy groups -OCH3 is 2. The molecule has 0 unspecified atom stereocenters. The number of amides is 2. The van der Waals surface area contributed by atoms with Gasteiger partial charge in [-0.2, -0.15) is 0 Å². The van der Waals surface area contributed by atoms with Gasteiger partial charge in [-0.3, -0.25) is 0 Å². The predicted octanol–water partition coefficient (Wildman–Crippen LogP) is 5.23. The minimum atomic E-state index is -2.44. The molecular weight excluding hydrogens is 532 g/mol. The van der Waals surface area contributed by atoms with Crippen molar-refractivity contribution in [1.29, 1.82) is 0 Å². The Hall–Kier alpha value is -2.96. The normalized spacial score (nSPS) is 13.4. The van der Waals surface area contributed by atoms with E-state index in [-0.39, 0.29) is 24.7 Å². The van der Waals surface area contributed by atoms with Gasteiger partial charge in [-0.05, 0) is 29.3 Å². The molecule has 0 aromatic heterocycles. The fourth-order valence-electron chi connectivity index (χ4n) is 3.59. The van der Waals surface area contributed by atoms with E-state index < -0.39 is 45.5 Å². The van der Waals surface area contributed by atoms with E-state index in [1.807, 2.05) is 60.7 Å². The van der Waals surface area contributed by atoms with E-state index in [1.54, 1.807) is 0 Å². The Kier molecular flexibility index (Phi) is 13.1. The Labute approximate surface area is 238 Å². The highest BCUT2D eigenvalue weighted by molar-refractivity contribution is 6.74. The number of aliphatic hydroxyl groups is 1. The third kappa shape index (κ3) is 10.2. The number of ether oxygens (including phenoxy) is 4. The van der Waals surface area contributed by atoms with Gasteiger partial charge in [-0.25, -0.2) is 20.0 Å². The maximum absolute atomic E-state index is 13.4. The van der Waals surface area contributed by atoms with Crippen molar-refractivity contribution in [3.05, 3.63) is 71.8 Å². The predicted molar refractivity (Wildman–Crippen MR) is 154 cm³/mol. The summed E-state index contributed by atoms with van der Waals surface area (Å²) in [5.41, 5.74) is 4.01. The molecule has 40 heavy (non-hydrogen) atoms. The van der Waals surface area contributed by atoms with Crippen LogP contribution in [0.5, 0.6) is 0 Å². The summed E-state index contributed by atoms with van der Waals surface area (Å²) < 4.78 is 28.4. The second-order valence-corrected chi connectivity index (χ2v) is 15.6. The van der Waals surface area contributed by atoms with Crippen molar-refractivity contribution in [1.82, 2.24) is 10.4 Å². The lowest BCUT2D eigenvalue weighted by Crippen LogP contribution is -2.60. The third-order valence-corrected chi connectivity index (χ3v) is 11.5. The molecule has 2 aromatic carbocycles. The molecule has 0 aliphatic heterocycles. The van der Waals surface area contributed by atoms with Gasteiger partial charge in [0.15, 0.2) is 14.6 Å². The summed E-state index contributed by atoms with van der Waals surface area (Å²) >= 11 is 0. The van der Waals surface area contributed by atoms with Gasteiger partial charge in [0.25, 0.3) is 0 Å². The Morgan fingerprint density at radius 1 is 0.900 bits per heavy atom. The molecule has 0 spiro atoms. The van der Waals surface area contributed by atoms with E-state index in [1.165, 1.54) is 14.2 Å². The lowest BCUT2D eigenvalue weighted by molar-refractivity contribution is -0.131. The molecule has 2 atom stereocenters. The maximum atomic E-state index is 13.4. The second kappa shape index (κ2) is 15.7. The number of carbonyl (C=O) groups is 2. The lowest BCUT2D eigenvalue weighted by atomic mass is 10.1. The summed E-state index contributed by atoms with van der Waals surface area (Å²) in [4.78, 5) is 26.3. The van der Waals surface area contributed by atoms with Crippen LogP contribution in [0.1, 0.15) is 38.3 Å². The fourth-order valence-corrected chi connectivity index (χ4v) is 4.95. The highest BCUT2D eigenvalue weighted by Crippen LogP contribution is 2.38. The van der Waals surface area contributed by atoms with E-state index >= 15 is 0 Å². The van der Waals surface area contributed by atoms with Crippen LogP contribution in [0, 0.1) is 0 Å². The lowest BCUT2D eigenvalue weighted by Gasteiger charge is -2.43. The molecule has 2 rings (SSSR count). The van der Waals surface area contributed by atoms with Crippen LogP contribution < -0.4 is 5.43 Å². The van der Waals surface area contributed by atoms with Gasteiger partial charge in [0.1, 0.15) is 19.3 Å². The number of nitrogens with one attached hydrogen (secondary N) is 1. The second-order valence-electron chi connectivity index (χ2n) is 10.9. The van der Waals surface area contributed by atoms with Gasteiger partial charge < -0.3 is 28.5 Å². The molecule has 0 heterocycles. The molecule has 0 saturated carbocycles. The third-order valence-electron chi connectivity index (χ3n) is 6.98. The highest BCUT2D eigenvalue weighted by atomic mass is 28.4. The number of carbonyl (C=O) groups excluding carboxylic acids is 2. The van der Waals surface area contributed by atoms with Crippen LogP contribution in [0.3, 0.4) is 0 Å². The molecule has 2 N–H and O–H groups in total. The van der Waals surface area contributed by atoms with Crippen molar-refractivity contribution in [2.45, 2.75) is 77.0 Å². The Morgan fingerprint density at radius 3 is 1.85 bits per heavy atom. The number of hydrogen-bond acceptors (Lipinski definition) is 8. The molecule has 0 radical (unpaired) electrons. The molecule has 0 bridgehead atoms. The Morgan fingerprint density at radius 2 is 1.40 bits per heavy atom. The molecule has 222 valence electrons. The van der Waals surface area contributed by atoms with Crippen LogP contribution in [0.2, 0.25) is 18.1 Å². The van der Waals surface area contributed by atoms with Crippen LogP contribution >= 0.6 is 0 Å². The zero-order valence-corrected chi connectivity index (χ0v) is 25.6. The number of aliphatic hydroxyl groups excluding tert-OH is 1. The van der Waals surface area contributed by atoms with E-state index in [0.29, 0.717) is 0 Å². The molecule has 2 amide bonds. The first kappa shape index (κ1) is 33.2. The van der Waals surface area contributed by atoms with Crippen LogP contribution in [0.15, 0.2) is 60.7 Å². The Bertz CT molecular complexity index is 1030. The molecule has 0 aliphatic carbocycles. The van der Waals surface area contributed by atoms with Crippen molar-refractivity contribution < 1.29 is 38.1 Å². The maximum Gasteiger partial charge on any atom is 0.429 e. The van der Waals surface area contributed by atoms with E-state index in [2.05, 4.69) is 39.3 Å². The summed E-state index contributed by atoms with van der Waals surface area (Å²) in [7, 11) is 0.558. The largest absolute Gasteiger partial charge is 0.443 e. The van der Waals surface area contributed by atoms with E-state index in [4.69, 9.17) is 23.4 Å². The molecule has 2 aromatic rings. The zero-order valence-electron chi connectivity index (χ0n) is 24.6. The smallest absolute Gasteiger partial charge is 0.429 e. The van der Waals surface area contributed by atoms with Crippen LogP contribution in [-0.2, 0) is 36.6 Å². The summed E-state index contributed by atoms with van der Waals surface area (Å²) in [6.45, 7) is 9.77. The summed E-state index contributed by atoms with van der Waals surface area (Å²) in [5, 5.41) is 11.4. The fraction of sp³-hybridized carbons (Fsp3) is 0.517. The summed E-state index contributed by atoms with van der Waals surface area (Å²) in [5.74, 6) is 0. The first-order chi connectivity index (χ1) is 18.9. The van der Waals surface area contributed by atoms with Gasteiger partial charge in [-0.1, -0.05) is 81.4 Å². The monoisotopic (exact) mass is 576 g/mol. The first-order valence-electron chi connectivity index (χ1n) is 13.2. The van der Waals surface area contributed by atoms with Crippen molar-refractivity contribution in [2.75, 3.05) is 20.8 Å². The first-order valence-corrected chi connectivity index (χ1v) is 16.1. The molecule has 0 saturated heterocycles. The Balaban J connectivity index is 2.36. The molecule has 0 aliphatic rings. The standard InChI is InChI=1S/C29H44N2O8Si/c1-29(2,3)40(6,7)39-25(18-26(35-4)36-5)24(19-32)31(28(34)38-21-23-16-12-9-13-17-23)30-27(33)37-20-22-14-10-8-11-15-22/h8-17,24-26,32H,18-21H2,1-7H3,(H,30,33)/t24-,25+/m0/s1. The van der Waals surface area contributed by atoms with Crippen molar-refractivity contribution in [3.63, 3.8) is 0 Å². The number of hydrazine groups is 1. The number of benzene rings is 2. The highest BCUT2D eigenvalue weighted by Gasteiger charge is 2.44. The quantitative estimate of drug-likeness (QED) is 0.189. The molecular formula is C29H44N2O8Si. The minimum Gasteiger partial charge on any atom is -0.443 e. The topological polar surface area (TPSA) is 116 Å². The number of nitrogens with zero attached hydrogens (tertiary/aromatic N) is 1. The van der Waals surface area contributed by atoms with Gasteiger partial charge in [0, 0.05) is 20.6 Å². The van der Waals surface area contributed by atoms with Crippen molar-refractivity contribution >= 4 is 20.5 Å². The van der Waals surface area contributed by atoms with Gasteiger partial charge >= 0.3 is 12.2 Å². The minimum absolute atomic E-state index is 0.0112.